The van der Waals surface area contributed by atoms with Crippen molar-refractivity contribution >= 4 is 30.3 Å². The van der Waals surface area contributed by atoms with Crippen molar-refractivity contribution in [1.82, 2.24) is 9.88 Å². The van der Waals surface area contributed by atoms with E-state index in [2.05, 4.69) is 14.9 Å². The molecule has 0 aliphatic carbocycles. The molecule has 1 saturated heterocycles. The Morgan fingerprint density at radius 1 is 1.56 bits per heavy atom. The van der Waals surface area contributed by atoms with E-state index < -0.39 is 0 Å². The van der Waals surface area contributed by atoms with Crippen molar-refractivity contribution in [3.8, 4) is 0 Å². The monoisotopic (exact) mass is 243 g/mol. The molecule has 3 heterocycles. The van der Waals surface area contributed by atoms with Gasteiger partial charge in [-0.3, -0.25) is 0 Å². The third-order valence-electron chi connectivity index (χ3n) is 3.26. The minimum absolute atomic E-state index is 0.315. The standard InChI is InChI=1S/C12H14BN3O2/c1-2-18-11(17)8-6-9-10(14-7-8)15-12(13-9)16-4-3-5-16/h6-7,13H,2-5H2,1H3. The van der Waals surface area contributed by atoms with Crippen molar-refractivity contribution in [2.45, 2.75) is 13.3 Å². The summed E-state index contributed by atoms with van der Waals surface area (Å²) in [7, 11) is 0.773. The lowest BCUT2D eigenvalue weighted by molar-refractivity contribution is 0.0526. The van der Waals surface area contributed by atoms with Crippen LogP contribution in [0.3, 0.4) is 0 Å². The first kappa shape index (κ1) is 11.3. The Morgan fingerprint density at radius 3 is 3.06 bits per heavy atom. The van der Waals surface area contributed by atoms with Gasteiger partial charge in [0.1, 0.15) is 5.82 Å². The number of hydrogen-bond donors (Lipinski definition) is 0. The molecule has 0 amide bonds. The number of rotatable bonds is 2. The first-order valence-corrected chi connectivity index (χ1v) is 6.26. The summed E-state index contributed by atoms with van der Waals surface area (Å²) in [6, 6.07) is 1.84. The highest BCUT2D eigenvalue weighted by molar-refractivity contribution is 6.87. The summed E-state index contributed by atoms with van der Waals surface area (Å²) >= 11 is 0. The molecule has 0 unspecified atom stereocenters. The number of carbonyl (C=O) groups is 1. The predicted molar refractivity (Wildman–Crippen MR) is 70.3 cm³/mol. The first-order valence-electron chi connectivity index (χ1n) is 6.26. The molecular weight excluding hydrogens is 229 g/mol. The molecule has 0 radical (unpaired) electrons. The molecule has 0 spiro atoms. The molecule has 2 aliphatic rings. The van der Waals surface area contributed by atoms with E-state index in [-0.39, 0.29) is 5.97 Å². The van der Waals surface area contributed by atoms with Gasteiger partial charge >= 0.3 is 5.97 Å². The second-order valence-corrected chi connectivity index (χ2v) is 4.47. The van der Waals surface area contributed by atoms with Gasteiger partial charge in [0.05, 0.1) is 17.9 Å². The van der Waals surface area contributed by atoms with Crippen LogP contribution in [0.4, 0.5) is 5.82 Å². The smallest absolute Gasteiger partial charge is 0.339 e. The first-order chi connectivity index (χ1) is 8.78. The average molecular weight is 243 g/mol. The maximum atomic E-state index is 11.6. The summed E-state index contributed by atoms with van der Waals surface area (Å²) in [5, 5.41) is 0. The number of esters is 1. The van der Waals surface area contributed by atoms with E-state index in [9.17, 15) is 4.79 Å². The summed E-state index contributed by atoms with van der Waals surface area (Å²) in [6.45, 7) is 4.34. The van der Waals surface area contributed by atoms with Crippen LogP contribution in [0.25, 0.3) is 0 Å². The lowest BCUT2D eigenvalue weighted by Crippen LogP contribution is -2.45. The molecule has 3 rings (SSSR count). The Bertz CT molecular complexity index is 526. The quantitative estimate of drug-likeness (QED) is 0.543. The van der Waals surface area contributed by atoms with Crippen LogP contribution >= 0.6 is 0 Å². The predicted octanol–water partition coefficient (Wildman–Crippen LogP) is 0.0269. The number of pyridine rings is 1. The molecule has 1 fully saturated rings. The van der Waals surface area contributed by atoms with Crippen LogP contribution in [0.1, 0.15) is 23.7 Å². The number of carbonyl (C=O) groups excluding carboxylic acids is 1. The van der Waals surface area contributed by atoms with Gasteiger partial charge in [0.15, 0.2) is 0 Å². The number of hydrogen-bond acceptors (Lipinski definition) is 5. The van der Waals surface area contributed by atoms with E-state index in [1.807, 2.05) is 6.07 Å². The molecule has 92 valence electrons. The molecular formula is C12H14BN3O2. The molecule has 6 heteroatoms. The van der Waals surface area contributed by atoms with Crippen LogP contribution in [-0.2, 0) is 4.74 Å². The van der Waals surface area contributed by atoms with E-state index in [0.717, 1.165) is 37.4 Å². The van der Waals surface area contributed by atoms with Gasteiger partial charge in [0, 0.05) is 19.3 Å². The van der Waals surface area contributed by atoms with Crippen LogP contribution in [-0.4, -0.2) is 48.6 Å². The van der Waals surface area contributed by atoms with Crippen molar-refractivity contribution in [3.05, 3.63) is 17.8 Å². The lowest BCUT2D eigenvalue weighted by Gasteiger charge is -2.32. The topological polar surface area (TPSA) is 54.8 Å². The summed E-state index contributed by atoms with van der Waals surface area (Å²) < 4.78 is 4.97. The molecule has 5 nitrogen and oxygen atoms in total. The van der Waals surface area contributed by atoms with E-state index in [0.29, 0.717) is 12.2 Å². The highest BCUT2D eigenvalue weighted by Crippen LogP contribution is 2.17. The van der Waals surface area contributed by atoms with E-state index >= 15 is 0 Å². The Labute approximate surface area is 106 Å². The number of aromatic nitrogens is 1. The van der Waals surface area contributed by atoms with Gasteiger partial charge in [-0.1, -0.05) is 0 Å². The molecule has 0 saturated carbocycles. The zero-order valence-corrected chi connectivity index (χ0v) is 10.3. The minimum Gasteiger partial charge on any atom is -0.462 e. The van der Waals surface area contributed by atoms with Crippen LogP contribution in [0.2, 0.25) is 0 Å². The fourth-order valence-corrected chi connectivity index (χ4v) is 2.15. The van der Waals surface area contributed by atoms with Crippen LogP contribution in [0.15, 0.2) is 17.3 Å². The van der Waals surface area contributed by atoms with Gasteiger partial charge in [-0.2, -0.15) is 0 Å². The van der Waals surface area contributed by atoms with Crippen LogP contribution in [0.5, 0.6) is 0 Å². The largest absolute Gasteiger partial charge is 0.462 e. The number of fused-ring (bicyclic) bond motifs is 1. The van der Waals surface area contributed by atoms with Crippen molar-refractivity contribution in [2.24, 2.45) is 4.99 Å². The van der Waals surface area contributed by atoms with Crippen molar-refractivity contribution in [2.75, 3.05) is 19.7 Å². The number of likely N-dealkylation sites (tertiary alicyclic amines) is 1. The van der Waals surface area contributed by atoms with Crippen LogP contribution < -0.4 is 5.46 Å². The summed E-state index contributed by atoms with van der Waals surface area (Å²) in [5.74, 6) is 0.426. The van der Waals surface area contributed by atoms with E-state index in [1.54, 1.807) is 13.1 Å². The fourth-order valence-electron chi connectivity index (χ4n) is 2.15. The van der Waals surface area contributed by atoms with Crippen LogP contribution in [0, 0.1) is 0 Å². The Morgan fingerprint density at radius 2 is 2.39 bits per heavy atom. The minimum atomic E-state index is -0.315. The van der Waals surface area contributed by atoms with Gasteiger partial charge in [0.25, 0.3) is 0 Å². The van der Waals surface area contributed by atoms with Gasteiger partial charge < -0.3 is 9.64 Å². The number of ether oxygens (including phenoxy) is 1. The molecule has 0 atom stereocenters. The fraction of sp³-hybridized carbons (Fsp3) is 0.417. The Kier molecular flexibility index (Phi) is 2.78. The molecule has 18 heavy (non-hydrogen) atoms. The maximum absolute atomic E-state index is 11.6. The summed E-state index contributed by atoms with van der Waals surface area (Å²) in [4.78, 5) is 22.6. The van der Waals surface area contributed by atoms with Gasteiger partial charge in [0.2, 0.25) is 7.28 Å². The highest BCUT2D eigenvalue weighted by Gasteiger charge is 2.26. The third-order valence-corrected chi connectivity index (χ3v) is 3.26. The molecule has 1 aromatic heterocycles. The SMILES string of the molecule is CCOC(=O)c1cnc2c(c1)BC(N1CCC1)=N2. The molecule has 0 bridgehead atoms. The Balaban J connectivity index is 1.79. The number of nitrogens with zero attached hydrogens (tertiary/aromatic N) is 3. The molecule has 1 aromatic rings. The van der Waals surface area contributed by atoms with Gasteiger partial charge in [-0.15, -0.1) is 0 Å². The number of aliphatic imine (C=N–C) groups is 1. The van der Waals surface area contributed by atoms with Crippen molar-refractivity contribution in [3.63, 3.8) is 0 Å². The maximum Gasteiger partial charge on any atom is 0.339 e. The summed E-state index contributed by atoms with van der Waals surface area (Å²) in [5.41, 5.74) is 2.60. The summed E-state index contributed by atoms with van der Waals surface area (Å²) in [6.07, 6.45) is 2.77. The van der Waals surface area contributed by atoms with E-state index in [1.165, 1.54) is 6.42 Å². The zero-order chi connectivity index (χ0) is 12.5. The van der Waals surface area contributed by atoms with Gasteiger partial charge in [-0.05, 0) is 24.9 Å². The van der Waals surface area contributed by atoms with Crippen molar-refractivity contribution < 1.29 is 9.53 Å². The molecule has 2 aliphatic heterocycles. The average Bonchev–Trinajstić information content (AvgIpc) is 2.68. The second-order valence-electron chi connectivity index (χ2n) is 4.47. The number of amidine groups is 1. The lowest BCUT2D eigenvalue weighted by atomic mass is 9.69. The normalized spacial score (nSPS) is 16.5. The third kappa shape index (κ3) is 1.87. The highest BCUT2D eigenvalue weighted by atomic mass is 16.5. The second kappa shape index (κ2) is 4.44. The van der Waals surface area contributed by atoms with Gasteiger partial charge in [-0.25, -0.2) is 14.8 Å². The molecule has 0 aromatic carbocycles. The Hall–Kier alpha value is -1.85. The van der Waals surface area contributed by atoms with E-state index in [4.69, 9.17) is 4.74 Å². The molecule has 0 N–H and O–H groups in total. The van der Waals surface area contributed by atoms with Crippen molar-refractivity contribution in [1.29, 1.82) is 0 Å². The zero-order valence-electron chi connectivity index (χ0n) is 10.3.